The van der Waals surface area contributed by atoms with Gasteiger partial charge in [0.25, 0.3) is 0 Å². The number of hydrogen-bond acceptors (Lipinski definition) is 1. The molecule has 0 heterocycles. The van der Waals surface area contributed by atoms with Crippen molar-refractivity contribution < 1.29 is 0 Å². The highest BCUT2D eigenvalue weighted by Gasteiger charge is 2.60. The molecule has 0 aromatic rings. The van der Waals surface area contributed by atoms with Gasteiger partial charge in [0.15, 0.2) is 0 Å². The van der Waals surface area contributed by atoms with Gasteiger partial charge >= 0.3 is 0 Å². The summed E-state index contributed by atoms with van der Waals surface area (Å²) in [4.78, 5) is 0. The van der Waals surface area contributed by atoms with Crippen LogP contribution in [-0.4, -0.2) is 5.75 Å². The summed E-state index contributed by atoms with van der Waals surface area (Å²) in [6.45, 7) is 5.12. The van der Waals surface area contributed by atoms with Crippen molar-refractivity contribution in [3.63, 3.8) is 0 Å². The van der Waals surface area contributed by atoms with Crippen LogP contribution < -0.4 is 0 Å². The molecule has 7 atom stereocenters. The topological polar surface area (TPSA) is 0 Å². The highest BCUT2D eigenvalue weighted by Crippen LogP contribution is 2.68. The molecule has 0 N–H and O–H groups in total. The Hall–Kier alpha value is 0.350. The Labute approximate surface area is 143 Å². The molecule has 4 aliphatic carbocycles. The number of fused-ring (bicyclic) bond motifs is 5. The predicted octanol–water partition coefficient (Wildman–Crippen LogP) is 6.36. The summed E-state index contributed by atoms with van der Waals surface area (Å²) < 4.78 is 0. The zero-order valence-electron chi connectivity index (χ0n) is 14.8. The summed E-state index contributed by atoms with van der Waals surface area (Å²) in [7, 11) is 0. The van der Waals surface area contributed by atoms with E-state index in [1.54, 1.807) is 12.8 Å². The molecule has 0 spiro atoms. The zero-order chi connectivity index (χ0) is 15.4. The first-order chi connectivity index (χ1) is 10.7. The van der Waals surface area contributed by atoms with E-state index >= 15 is 0 Å². The standard InChI is InChI=1S/C21H36S/c1-3-15-8-10-18-17-9-7-16-6-4-5-12-21(16,14-22)19(17)11-13-20(15,18)2/h15-19,22H,3-14H2,1-2H3/t15-,16?,17-,18-,19-,20+,21+/m0/s1. The smallest absolute Gasteiger partial charge is 0.00357 e. The Balaban J connectivity index is 1.65. The molecule has 0 aromatic heterocycles. The minimum absolute atomic E-state index is 0.635. The molecule has 22 heavy (non-hydrogen) atoms. The van der Waals surface area contributed by atoms with Crippen molar-refractivity contribution in [1.29, 1.82) is 0 Å². The van der Waals surface area contributed by atoms with Crippen LogP contribution in [0.15, 0.2) is 0 Å². The first kappa shape index (κ1) is 15.9. The van der Waals surface area contributed by atoms with Gasteiger partial charge in [-0.15, -0.1) is 0 Å². The fraction of sp³-hybridized carbons (Fsp3) is 1.00. The van der Waals surface area contributed by atoms with Gasteiger partial charge in [-0.1, -0.05) is 33.1 Å². The van der Waals surface area contributed by atoms with Gasteiger partial charge in [0.05, 0.1) is 0 Å². The molecule has 0 saturated heterocycles. The van der Waals surface area contributed by atoms with E-state index < -0.39 is 0 Å². The fourth-order valence-electron chi connectivity index (χ4n) is 8.16. The van der Waals surface area contributed by atoms with E-state index in [9.17, 15) is 0 Å². The lowest BCUT2D eigenvalue weighted by Gasteiger charge is -2.61. The fourth-order valence-corrected chi connectivity index (χ4v) is 8.81. The minimum atomic E-state index is 0.635. The Morgan fingerprint density at radius 1 is 0.909 bits per heavy atom. The summed E-state index contributed by atoms with van der Waals surface area (Å²) in [5, 5.41) is 0. The van der Waals surface area contributed by atoms with Gasteiger partial charge in [-0.25, -0.2) is 0 Å². The molecular formula is C21H36S. The van der Waals surface area contributed by atoms with Crippen molar-refractivity contribution in [3.05, 3.63) is 0 Å². The van der Waals surface area contributed by atoms with Crippen molar-refractivity contribution in [1.82, 2.24) is 0 Å². The maximum atomic E-state index is 4.95. The molecular weight excluding hydrogens is 284 g/mol. The Morgan fingerprint density at radius 3 is 2.55 bits per heavy atom. The first-order valence-corrected chi connectivity index (χ1v) is 10.9. The molecule has 4 saturated carbocycles. The molecule has 4 rings (SSSR count). The average Bonchev–Trinajstić information content (AvgIpc) is 2.90. The van der Waals surface area contributed by atoms with Crippen molar-refractivity contribution >= 4 is 12.6 Å². The summed E-state index contributed by atoms with van der Waals surface area (Å²) in [6.07, 6.45) is 16.6. The largest absolute Gasteiger partial charge is 0.179 e. The highest BCUT2D eigenvalue weighted by molar-refractivity contribution is 7.80. The second-order valence-corrected chi connectivity index (χ2v) is 9.83. The normalized spacial score (nSPS) is 54.4. The summed E-state index contributed by atoms with van der Waals surface area (Å²) in [5.74, 6) is 6.35. The monoisotopic (exact) mass is 320 g/mol. The van der Waals surface area contributed by atoms with E-state index in [1.165, 1.54) is 63.5 Å². The van der Waals surface area contributed by atoms with Crippen molar-refractivity contribution in [2.75, 3.05) is 5.75 Å². The van der Waals surface area contributed by atoms with E-state index in [-0.39, 0.29) is 0 Å². The third kappa shape index (κ3) is 2.02. The quantitative estimate of drug-likeness (QED) is 0.563. The molecule has 4 fully saturated rings. The molecule has 1 heteroatoms. The van der Waals surface area contributed by atoms with Gasteiger partial charge in [0.1, 0.15) is 0 Å². The van der Waals surface area contributed by atoms with E-state index in [1.807, 2.05) is 0 Å². The van der Waals surface area contributed by atoms with Crippen LogP contribution in [0.3, 0.4) is 0 Å². The molecule has 0 aliphatic heterocycles. The van der Waals surface area contributed by atoms with Gasteiger partial charge in [-0.2, -0.15) is 12.6 Å². The Morgan fingerprint density at radius 2 is 1.77 bits per heavy atom. The van der Waals surface area contributed by atoms with Gasteiger partial charge < -0.3 is 0 Å². The van der Waals surface area contributed by atoms with Crippen LogP contribution in [0.2, 0.25) is 0 Å². The second kappa shape index (κ2) is 5.71. The van der Waals surface area contributed by atoms with Crippen LogP contribution in [-0.2, 0) is 0 Å². The summed E-state index contributed by atoms with van der Waals surface area (Å²) >= 11 is 4.95. The SMILES string of the molecule is CC[C@H]1CC[C@H]2[C@@H]3CCC4CCCC[C@]4(CS)[C@H]3CC[C@]12C. The Bertz CT molecular complexity index is 418. The molecule has 126 valence electrons. The molecule has 0 aromatic carbocycles. The van der Waals surface area contributed by atoms with E-state index in [2.05, 4.69) is 13.8 Å². The zero-order valence-corrected chi connectivity index (χ0v) is 15.7. The molecule has 0 bridgehead atoms. The molecule has 0 radical (unpaired) electrons. The molecule has 1 unspecified atom stereocenters. The average molecular weight is 321 g/mol. The third-order valence-electron chi connectivity index (χ3n) is 9.27. The number of thiol groups is 1. The van der Waals surface area contributed by atoms with Crippen molar-refractivity contribution in [2.45, 2.75) is 84.5 Å². The predicted molar refractivity (Wildman–Crippen MR) is 98.3 cm³/mol. The minimum Gasteiger partial charge on any atom is -0.179 e. The van der Waals surface area contributed by atoms with Gasteiger partial charge in [-0.05, 0) is 97.5 Å². The van der Waals surface area contributed by atoms with Crippen LogP contribution in [0.25, 0.3) is 0 Å². The van der Waals surface area contributed by atoms with Crippen molar-refractivity contribution in [2.24, 2.45) is 40.4 Å². The lowest BCUT2D eigenvalue weighted by molar-refractivity contribution is -0.108. The van der Waals surface area contributed by atoms with E-state index in [4.69, 9.17) is 12.6 Å². The first-order valence-electron chi connectivity index (χ1n) is 10.3. The van der Waals surface area contributed by atoms with Gasteiger partial charge in [0.2, 0.25) is 0 Å². The van der Waals surface area contributed by atoms with Crippen molar-refractivity contribution in [3.8, 4) is 0 Å². The highest BCUT2D eigenvalue weighted by atomic mass is 32.1. The van der Waals surface area contributed by atoms with Gasteiger partial charge in [-0.3, -0.25) is 0 Å². The van der Waals surface area contributed by atoms with Crippen LogP contribution in [0, 0.1) is 40.4 Å². The maximum Gasteiger partial charge on any atom is -0.00357 e. The molecule has 0 amide bonds. The summed E-state index contributed by atoms with van der Waals surface area (Å²) in [5.41, 5.74) is 1.32. The molecule has 0 nitrogen and oxygen atoms in total. The lowest BCUT2D eigenvalue weighted by Crippen LogP contribution is -2.54. The second-order valence-electron chi connectivity index (χ2n) is 9.52. The van der Waals surface area contributed by atoms with Crippen LogP contribution in [0.4, 0.5) is 0 Å². The van der Waals surface area contributed by atoms with Crippen LogP contribution in [0.1, 0.15) is 84.5 Å². The van der Waals surface area contributed by atoms with Gasteiger partial charge in [0, 0.05) is 0 Å². The van der Waals surface area contributed by atoms with Crippen LogP contribution >= 0.6 is 12.6 Å². The lowest BCUT2D eigenvalue weighted by atomic mass is 9.44. The van der Waals surface area contributed by atoms with E-state index in [0.717, 1.165) is 29.6 Å². The maximum absolute atomic E-state index is 4.95. The van der Waals surface area contributed by atoms with Crippen LogP contribution in [0.5, 0.6) is 0 Å². The number of hydrogen-bond donors (Lipinski definition) is 1. The Kier molecular flexibility index (Phi) is 4.11. The third-order valence-corrected chi connectivity index (χ3v) is 9.85. The number of rotatable bonds is 2. The van der Waals surface area contributed by atoms with E-state index in [0.29, 0.717) is 10.8 Å². The molecule has 4 aliphatic rings. The summed E-state index contributed by atoms with van der Waals surface area (Å²) in [6, 6.07) is 0.